The number of carboxylic acid groups (broad SMARTS) is 1. The number of methoxy groups -OCH3 is 1. The van der Waals surface area contributed by atoms with Crippen molar-refractivity contribution in [2.75, 3.05) is 26.9 Å². The van der Waals surface area contributed by atoms with Gasteiger partial charge in [-0.1, -0.05) is 182 Å². The number of carbonyl (C=O) groups is 5. The van der Waals surface area contributed by atoms with Crippen molar-refractivity contribution < 1.29 is 72.1 Å². The number of phenols is 1. The molecule has 0 aromatic heterocycles. The van der Waals surface area contributed by atoms with Gasteiger partial charge >= 0.3 is 29.8 Å². The first-order chi connectivity index (χ1) is 69.6. The first-order valence-electron chi connectivity index (χ1n) is 48.5. The Hall–Kier alpha value is -13.6. The summed E-state index contributed by atoms with van der Waals surface area (Å²) in [4.78, 5) is 79.6. The Bertz CT molecular complexity index is 6550. The summed E-state index contributed by atoms with van der Waals surface area (Å²) in [6.07, 6.45) is 3.86. The smallest absolute Gasteiger partial charge is 0.344 e. The Morgan fingerprint density at radius 1 is 0.308 bits per heavy atom. The SMILES string of the molecule is COc1ccc([S+](c2ccccc2)c2ccccc2)cc1.Cc1cc([S+](c2ccccc2)c2ccccc2)cc(C)c1O.Cc1cc([S+](c2ccccc2)c2ccccc2)cc(C)c1OCC(=O)O.Cc1cc([S+](c2ccccc2)c2ccccc2)cc(C)c1OCC(=O)OC1C2CC3C(=O)OC1C3C2.Cc1cc([S+](c2ccccc2)c2ccccc2)cc(C)c1OCC(=O)OC1C2CC3CC(C2)C(=O)OC1C3. The van der Waals surface area contributed by atoms with E-state index in [0.717, 1.165) is 88.8 Å². The van der Waals surface area contributed by atoms with Gasteiger partial charge in [0.15, 0.2) is 93.3 Å². The Labute approximate surface area is 853 Å². The number of ether oxygens (including phenoxy) is 8. The molecule has 0 radical (unpaired) electrons. The van der Waals surface area contributed by atoms with E-state index in [2.05, 4.69) is 315 Å². The molecule has 7 fully saturated rings. The van der Waals surface area contributed by atoms with Crippen LogP contribution in [0.15, 0.2) is 450 Å². The zero-order chi connectivity index (χ0) is 99.6. The van der Waals surface area contributed by atoms with Gasteiger partial charge in [0.1, 0.15) is 53.2 Å². The lowest BCUT2D eigenvalue weighted by molar-refractivity contribution is -0.174. The molecule has 15 nitrogen and oxygen atoms in total. The molecule has 6 bridgehead atoms. The number of aryl methyl sites for hydroxylation is 8. The number of aliphatic carboxylic acids is 1. The predicted molar refractivity (Wildman–Crippen MR) is 566 cm³/mol. The fourth-order valence-electron chi connectivity index (χ4n) is 20.4. The van der Waals surface area contributed by atoms with E-state index in [1.54, 1.807) is 7.11 Å². The summed E-state index contributed by atoms with van der Waals surface area (Å²) in [5.41, 5.74) is 7.69. The second-order valence-corrected chi connectivity index (χ2v) is 46.8. The number of carboxylic acids is 1. The lowest BCUT2D eigenvalue weighted by atomic mass is 9.67. The number of phenolic OH excluding ortho intramolecular Hbond substituents is 1. The van der Waals surface area contributed by atoms with Crippen molar-refractivity contribution in [1.82, 2.24) is 0 Å². The molecule has 3 saturated heterocycles. The molecule has 15 aromatic carbocycles. The molecule has 4 saturated carbocycles. The Morgan fingerprint density at radius 3 is 0.895 bits per heavy atom. The third-order valence-electron chi connectivity index (χ3n) is 26.6. The van der Waals surface area contributed by atoms with Gasteiger partial charge in [0.25, 0.3) is 0 Å². The van der Waals surface area contributed by atoms with Crippen LogP contribution in [0.1, 0.15) is 83.0 Å². The van der Waals surface area contributed by atoms with Gasteiger partial charge in [0.05, 0.1) is 73.4 Å². The Morgan fingerprint density at radius 2 is 0.587 bits per heavy atom. The van der Waals surface area contributed by atoms with Crippen LogP contribution < -0.4 is 18.9 Å². The number of hydrogen-bond donors (Lipinski definition) is 2. The normalized spacial score (nSPS) is 18.5. The summed E-state index contributed by atoms with van der Waals surface area (Å²) in [6.45, 7) is 15.3. The molecule has 0 spiro atoms. The van der Waals surface area contributed by atoms with E-state index in [9.17, 15) is 29.1 Å². The average Bonchev–Trinajstić information content (AvgIpc) is 1.57. The molecule has 726 valence electrons. The topological polar surface area (TPSA) is 200 Å². The average molecular weight is 2000 g/mol. The molecule has 3 aliphatic heterocycles. The molecule has 0 amide bonds. The highest BCUT2D eigenvalue weighted by atomic mass is 32.2. The molecule has 20 heteroatoms. The van der Waals surface area contributed by atoms with Crippen LogP contribution in [0.25, 0.3) is 0 Å². The summed E-state index contributed by atoms with van der Waals surface area (Å²) < 4.78 is 45.6. The minimum atomic E-state index is -0.971. The van der Waals surface area contributed by atoms with E-state index in [4.69, 9.17) is 43.0 Å². The van der Waals surface area contributed by atoms with Crippen molar-refractivity contribution in [3.05, 3.63) is 421 Å². The zero-order valence-corrected chi connectivity index (χ0v) is 85.8. The lowest BCUT2D eigenvalue weighted by Crippen LogP contribution is -2.45. The number of carbonyl (C=O) groups excluding carboxylic acids is 4. The predicted octanol–water partition coefficient (Wildman–Crippen LogP) is 26.1. The molecular weight excluding hydrogens is 1880 g/mol. The first-order valence-corrected chi connectivity index (χ1v) is 54.6. The monoisotopic (exact) mass is 2000 g/mol. The first kappa shape index (κ1) is 101. The van der Waals surface area contributed by atoms with Gasteiger partial charge < -0.3 is 48.1 Å². The molecular formula is C123H119O15S5+5. The van der Waals surface area contributed by atoms with Crippen molar-refractivity contribution in [2.45, 2.75) is 192 Å². The van der Waals surface area contributed by atoms with Crippen LogP contribution in [-0.4, -0.2) is 91.4 Å². The van der Waals surface area contributed by atoms with Crippen LogP contribution >= 0.6 is 0 Å². The third kappa shape index (κ3) is 24.5. The highest BCUT2D eigenvalue weighted by molar-refractivity contribution is 7.98. The highest BCUT2D eigenvalue weighted by Gasteiger charge is 2.63. The van der Waals surface area contributed by atoms with Crippen LogP contribution in [0.5, 0.6) is 28.7 Å². The quantitative estimate of drug-likeness (QED) is 0.0280. The van der Waals surface area contributed by atoms with Gasteiger partial charge in [-0.2, -0.15) is 0 Å². The molecule has 7 aliphatic rings. The zero-order valence-electron chi connectivity index (χ0n) is 81.7. The van der Waals surface area contributed by atoms with Crippen molar-refractivity contribution in [1.29, 1.82) is 0 Å². The van der Waals surface area contributed by atoms with Crippen LogP contribution in [-0.2, 0) is 97.4 Å². The fraction of sp³-hybridized carbons (Fsp3) is 0.228. The minimum Gasteiger partial charge on any atom is -0.507 e. The summed E-state index contributed by atoms with van der Waals surface area (Å²) in [5, 5.41) is 18.9. The largest absolute Gasteiger partial charge is 0.507 e. The van der Waals surface area contributed by atoms with E-state index in [0.29, 0.717) is 28.9 Å². The standard InChI is InChI=1S/C32H33O5S.C30H29O5S.C22H20O3S.C20H18OS.C19H17OS/c1-20-13-27(38(25-9-5-3-6-10-25)26-11-7-4-8-12-26)14-21(2)30(20)35-19-29(33)37-31-23-15-22-16-24(18-23)32(34)36-28(31)17-22;1-18-13-23(36(21-9-5-3-6-10-21)22-11-7-4-8-12-22)14-19(2)27(18)33-17-26(31)34-28-20-15-24-25(16-20)30(32)35-29(24)28;1-16-13-20(14-17(2)22(16)25-15-21(23)24)26(18-9-5-3-6-10-18)19-11-7-4-8-12-19;1-15-13-19(14-16(2)20(15)21)22(17-9-5-3-6-10-17)18-11-7-4-8-12-18;1-20-16-12-14-19(15-13-16)21(17-8-4-2-5-9-17)18-10-6-3-7-11-18/h3-14,22-24,28,31H,15-19H2,1-2H3;3-14,20,24-25,28-29H,15-17H2,1-2H3;3-14H,15H2,1-2H3;3-14H,1-2H3;2-15H,1H3/q2*+1;;;+1/p+2. The van der Waals surface area contributed by atoms with E-state index in [1.807, 2.05) is 116 Å². The van der Waals surface area contributed by atoms with Gasteiger partial charge in [-0.25, -0.2) is 14.4 Å². The van der Waals surface area contributed by atoms with Gasteiger partial charge in [-0.3, -0.25) is 9.59 Å². The summed E-state index contributed by atoms with van der Waals surface area (Å²) in [6, 6.07) is 131. The van der Waals surface area contributed by atoms with Crippen molar-refractivity contribution in [3.63, 3.8) is 0 Å². The molecule has 4 aliphatic carbocycles. The fourth-order valence-corrected chi connectivity index (χ4v) is 31.5. The Kier molecular flexibility index (Phi) is 33.5. The summed E-state index contributed by atoms with van der Waals surface area (Å²) >= 11 is 0. The molecule has 10 atom stereocenters. The number of rotatable bonds is 27. The van der Waals surface area contributed by atoms with Crippen LogP contribution in [0.3, 0.4) is 0 Å². The van der Waals surface area contributed by atoms with Gasteiger partial charge in [-0.05, 0) is 290 Å². The summed E-state index contributed by atoms with van der Waals surface area (Å²) in [7, 11) is 0.725. The number of fused-ring (bicyclic) bond motifs is 2. The lowest BCUT2D eigenvalue weighted by Gasteiger charge is -2.41. The molecule has 22 rings (SSSR count). The molecule has 143 heavy (non-hydrogen) atoms. The maximum absolute atomic E-state index is 12.9. The van der Waals surface area contributed by atoms with Crippen LogP contribution in [0, 0.1) is 90.9 Å². The number of esters is 4. The van der Waals surface area contributed by atoms with Gasteiger partial charge in [-0.15, -0.1) is 0 Å². The van der Waals surface area contributed by atoms with E-state index >= 15 is 0 Å². The number of benzene rings is 15. The van der Waals surface area contributed by atoms with E-state index in [-0.39, 0.29) is 140 Å². The third-order valence-corrected chi connectivity index (χ3v) is 37.6. The second-order valence-electron chi connectivity index (χ2n) is 36.7. The Balaban J connectivity index is 0.000000125. The number of aromatic hydroxyl groups is 1. The van der Waals surface area contributed by atoms with E-state index < -0.39 is 17.9 Å². The highest BCUT2D eigenvalue weighted by Crippen LogP contribution is 2.56. The van der Waals surface area contributed by atoms with Crippen LogP contribution in [0.2, 0.25) is 0 Å². The van der Waals surface area contributed by atoms with Gasteiger partial charge in [0.2, 0.25) is 0 Å². The molecule has 15 aromatic rings. The van der Waals surface area contributed by atoms with Crippen molar-refractivity contribution in [2.24, 2.45) is 35.5 Å². The molecule has 2 N–H and O–H groups in total. The summed E-state index contributed by atoms with van der Waals surface area (Å²) in [5.74, 6) is 2.42. The van der Waals surface area contributed by atoms with Gasteiger partial charge in [0, 0.05) is 66.3 Å². The maximum atomic E-state index is 12.9. The molecule has 3 heterocycles. The number of hydrogen-bond acceptors (Lipinski definition) is 14. The van der Waals surface area contributed by atoms with Crippen LogP contribution in [0.4, 0.5) is 0 Å². The van der Waals surface area contributed by atoms with E-state index in [1.165, 1.54) is 73.4 Å². The molecule has 10 unspecified atom stereocenters. The minimum absolute atomic E-state index is 0.00586. The maximum Gasteiger partial charge on any atom is 0.344 e. The van der Waals surface area contributed by atoms with Crippen molar-refractivity contribution >= 4 is 84.3 Å². The second kappa shape index (κ2) is 47.5. The van der Waals surface area contributed by atoms with Crippen molar-refractivity contribution in [3.8, 4) is 28.7 Å².